The molecule has 0 aromatic heterocycles. The molecule has 1 aliphatic carbocycles. The second-order valence-corrected chi connectivity index (χ2v) is 7.08. The van der Waals surface area contributed by atoms with Gasteiger partial charge in [0.1, 0.15) is 0 Å². The molecule has 0 amide bonds. The minimum Gasteiger partial charge on any atom is -0.493 e. The van der Waals surface area contributed by atoms with Crippen LogP contribution >= 0.6 is 0 Å². The second-order valence-electron chi connectivity index (χ2n) is 7.08. The summed E-state index contributed by atoms with van der Waals surface area (Å²) in [6, 6.07) is 9.49. The highest BCUT2D eigenvalue weighted by Gasteiger charge is 2.41. The van der Waals surface area contributed by atoms with Gasteiger partial charge in [0, 0.05) is 17.2 Å². The van der Waals surface area contributed by atoms with E-state index in [0.717, 1.165) is 34.5 Å². The van der Waals surface area contributed by atoms with Crippen LogP contribution in [0.5, 0.6) is 11.5 Å². The average molecular weight is 365 g/mol. The largest absolute Gasteiger partial charge is 0.493 e. The van der Waals surface area contributed by atoms with Gasteiger partial charge in [-0.1, -0.05) is 30.4 Å². The van der Waals surface area contributed by atoms with Gasteiger partial charge in [-0.2, -0.15) is 0 Å². The summed E-state index contributed by atoms with van der Waals surface area (Å²) < 4.78 is 11.1. The van der Waals surface area contributed by atoms with E-state index < -0.39 is 5.97 Å². The lowest BCUT2D eigenvalue weighted by atomic mass is 9.74. The summed E-state index contributed by atoms with van der Waals surface area (Å²) in [7, 11) is 3.28. The molecule has 0 spiro atoms. The summed E-state index contributed by atoms with van der Waals surface area (Å²) in [5.41, 5.74) is 4.25. The minimum atomic E-state index is -0.885. The van der Waals surface area contributed by atoms with Crippen LogP contribution in [-0.4, -0.2) is 25.3 Å². The third-order valence-corrected chi connectivity index (χ3v) is 5.73. The summed E-state index contributed by atoms with van der Waals surface area (Å²) >= 11 is 0. The first-order chi connectivity index (χ1) is 13.1. The first-order valence-corrected chi connectivity index (χ1v) is 9.07. The average Bonchev–Trinajstić information content (AvgIpc) is 3.16. The van der Waals surface area contributed by atoms with E-state index in [1.165, 1.54) is 0 Å². The highest BCUT2D eigenvalue weighted by Crippen LogP contribution is 2.53. The predicted molar refractivity (Wildman–Crippen MR) is 104 cm³/mol. The number of nitrogens with one attached hydrogen (secondary N) is 1. The van der Waals surface area contributed by atoms with Crippen LogP contribution in [0.3, 0.4) is 0 Å². The molecule has 0 radical (unpaired) electrons. The number of para-hydroxylation sites is 1. The number of hydrogen-bond acceptors (Lipinski definition) is 4. The van der Waals surface area contributed by atoms with Crippen molar-refractivity contribution >= 4 is 11.7 Å². The Hall–Kier alpha value is -2.95. The molecule has 27 heavy (non-hydrogen) atoms. The van der Waals surface area contributed by atoms with Gasteiger partial charge in [0.2, 0.25) is 0 Å². The van der Waals surface area contributed by atoms with E-state index >= 15 is 0 Å². The Morgan fingerprint density at radius 1 is 1.19 bits per heavy atom. The molecule has 1 aliphatic heterocycles. The van der Waals surface area contributed by atoms with Crippen molar-refractivity contribution in [3.05, 3.63) is 64.7 Å². The molecule has 140 valence electrons. The maximum atomic E-state index is 11.8. The molecule has 2 aliphatic rings. The Labute approximate surface area is 158 Å². The highest BCUT2D eigenvalue weighted by atomic mass is 16.5. The van der Waals surface area contributed by atoms with Crippen LogP contribution < -0.4 is 14.8 Å². The number of benzene rings is 2. The summed E-state index contributed by atoms with van der Waals surface area (Å²) in [6.07, 6.45) is 5.19. The lowest BCUT2D eigenvalue weighted by molar-refractivity contribution is 0.0695. The van der Waals surface area contributed by atoms with E-state index in [1.54, 1.807) is 20.3 Å². The van der Waals surface area contributed by atoms with Gasteiger partial charge in [0.25, 0.3) is 0 Å². The molecule has 5 nitrogen and oxygen atoms in total. The Kier molecular flexibility index (Phi) is 4.30. The van der Waals surface area contributed by atoms with E-state index in [4.69, 9.17) is 9.47 Å². The third-order valence-electron chi connectivity index (χ3n) is 5.73. The van der Waals surface area contributed by atoms with Crippen LogP contribution in [-0.2, 0) is 0 Å². The van der Waals surface area contributed by atoms with Gasteiger partial charge in [-0.25, -0.2) is 4.79 Å². The number of rotatable bonds is 4. The molecular weight excluding hydrogens is 342 g/mol. The number of fused-ring (bicyclic) bond motifs is 3. The number of hydrogen-bond donors (Lipinski definition) is 2. The quantitative estimate of drug-likeness (QED) is 0.779. The van der Waals surface area contributed by atoms with Gasteiger partial charge in [0.15, 0.2) is 11.5 Å². The van der Waals surface area contributed by atoms with E-state index in [-0.39, 0.29) is 17.9 Å². The van der Waals surface area contributed by atoms with Crippen molar-refractivity contribution in [3.8, 4) is 11.5 Å². The SMILES string of the molecule is COc1cccc([C@@H]2Nc3c(C)ccc(C(=O)O)c3[C@H]3C=CC[C@H]32)c1OC. The van der Waals surface area contributed by atoms with Crippen molar-refractivity contribution in [1.82, 2.24) is 0 Å². The zero-order valence-corrected chi connectivity index (χ0v) is 15.7. The molecular formula is C22H23NO4. The van der Waals surface area contributed by atoms with E-state index in [9.17, 15) is 9.90 Å². The molecule has 2 N–H and O–H groups in total. The number of aromatic carboxylic acids is 1. The van der Waals surface area contributed by atoms with Gasteiger partial charge in [-0.3, -0.25) is 0 Å². The lowest BCUT2D eigenvalue weighted by Crippen LogP contribution is -2.31. The number of methoxy groups -OCH3 is 2. The Bertz CT molecular complexity index is 934. The number of allylic oxidation sites excluding steroid dienone is 2. The molecule has 2 aromatic carbocycles. The monoisotopic (exact) mass is 365 g/mol. The zero-order valence-electron chi connectivity index (χ0n) is 15.7. The standard InChI is InChI=1S/C22H23NO4/c1-12-10-11-15(22(24)25)18-13-6-4-7-14(13)20(23-19(12)18)16-8-5-9-17(26-2)21(16)27-3/h4-6,8-11,13-14,20,23H,7H2,1-3H3,(H,24,25)/t13-,14+,20+/m0/s1. The van der Waals surface area contributed by atoms with Crippen molar-refractivity contribution in [2.45, 2.75) is 25.3 Å². The fourth-order valence-electron chi connectivity index (χ4n) is 4.51. The van der Waals surface area contributed by atoms with Crippen molar-refractivity contribution < 1.29 is 19.4 Å². The number of ether oxygens (including phenoxy) is 2. The number of carboxylic acids is 1. The summed E-state index contributed by atoms with van der Waals surface area (Å²) in [6.45, 7) is 2.01. The Morgan fingerprint density at radius 3 is 2.70 bits per heavy atom. The third kappa shape index (κ3) is 2.65. The predicted octanol–water partition coefficient (Wildman–Crippen LogP) is 4.54. The van der Waals surface area contributed by atoms with Gasteiger partial charge in [-0.15, -0.1) is 0 Å². The zero-order chi connectivity index (χ0) is 19.1. The molecule has 0 saturated carbocycles. The number of carbonyl (C=O) groups is 1. The number of carboxylic acid groups (broad SMARTS) is 1. The maximum Gasteiger partial charge on any atom is 0.336 e. The van der Waals surface area contributed by atoms with Crippen LogP contribution in [0.1, 0.15) is 45.4 Å². The topological polar surface area (TPSA) is 67.8 Å². The molecule has 4 rings (SSSR count). The molecule has 0 fully saturated rings. The second kappa shape index (κ2) is 6.65. The van der Waals surface area contributed by atoms with Crippen molar-refractivity contribution in [2.24, 2.45) is 5.92 Å². The summed E-state index contributed by atoms with van der Waals surface area (Å²) in [5.74, 6) is 0.816. The van der Waals surface area contributed by atoms with Gasteiger partial charge < -0.3 is 19.9 Å². The van der Waals surface area contributed by atoms with E-state index in [2.05, 4.69) is 23.5 Å². The van der Waals surface area contributed by atoms with Crippen LogP contribution in [0.25, 0.3) is 0 Å². The van der Waals surface area contributed by atoms with Crippen molar-refractivity contribution in [3.63, 3.8) is 0 Å². The van der Waals surface area contributed by atoms with Crippen LogP contribution in [0.15, 0.2) is 42.5 Å². The van der Waals surface area contributed by atoms with E-state index in [1.807, 2.05) is 25.1 Å². The molecule has 3 atom stereocenters. The highest BCUT2D eigenvalue weighted by molar-refractivity contribution is 5.93. The number of anilines is 1. The number of aryl methyl sites for hydroxylation is 1. The maximum absolute atomic E-state index is 11.8. The van der Waals surface area contributed by atoms with Crippen LogP contribution in [0.2, 0.25) is 0 Å². The first-order valence-electron chi connectivity index (χ1n) is 9.07. The Morgan fingerprint density at radius 2 is 2.00 bits per heavy atom. The van der Waals surface area contributed by atoms with E-state index in [0.29, 0.717) is 11.3 Å². The fraction of sp³-hybridized carbons (Fsp3) is 0.318. The lowest BCUT2D eigenvalue weighted by Gasteiger charge is -2.39. The normalized spacial score (nSPS) is 22.6. The minimum absolute atomic E-state index is 0.00490. The summed E-state index contributed by atoms with van der Waals surface area (Å²) in [5, 5.41) is 13.3. The van der Waals surface area contributed by atoms with Crippen LogP contribution in [0, 0.1) is 12.8 Å². The molecule has 1 heterocycles. The molecule has 0 saturated heterocycles. The van der Waals surface area contributed by atoms with Crippen LogP contribution in [0.4, 0.5) is 5.69 Å². The molecule has 2 aromatic rings. The summed E-state index contributed by atoms with van der Waals surface area (Å²) in [4.78, 5) is 11.8. The first kappa shape index (κ1) is 17.5. The van der Waals surface area contributed by atoms with Gasteiger partial charge in [0.05, 0.1) is 25.8 Å². The molecule has 0 bridgehead atoms. The van der Waals surface area contributed by atoms with Crippen molar-refractivity contribution in [1.29, 1.82) is 0 Å². The van der Waals surface area contributed by atoms with Gasteiger partial charge >= 0.3 is 5.97 Å². The molecule has 5 heteroatoms. The van der Waals surface area contributed by atoms with Crippen molar-refractivity contribution in [2.75, 3.05) is 19.5 Å². The molecule has 0 unspecified atom stereocenters. The fourth-order valence-corrected chi connectivity index (χ4v) is 4.51. The van der Waals surface area contributed by atoms with Gasteiger partial charge in [-0.05, 0) is 42.5 Å². The smallest absolute Gasteiger partial charge is 0.336 e. The Balaban J connectivity index is 1.89.